The number of benzene rings is 1. The summed E-state index contributed by atoms with van der Waals surface area (Å²) in [6.45, 7) is 0.645. The van der Waals surface area contributed by atoms with Crippen molar-refractivity contribution >= 4 is 28.1 Å². The summed E-state index contributed by atoms with van der Waals surface area (Å²) in [6, 6.07) is 10.3. The van der Waals surface area contributed by atoms with Gasteiger partial charge in [0.05, 0.1) is 5.69 Å². The smallest absolute Gasteiger partial charge is 0.194 e. The maximum atomic E-state index is 5.69. The van der Waals surface area contributed by atoms with Crippen LogP contribution in [0.2, 0.25) is 0 Å². The average Bonchev–Trinajstić information content (AvgIpc) is 2.95. The van der Waals surface area contributed by atoms with Crippen LogP contribution in [0.25, 0.3) is 4.96 Å². The lowest BCUT2D eigenvalue weighted by atomic mass is 10.3. The highest BCUT2D eigenvalue weighted by Crippen LogP contribution is 2.31. The number of hydrogen-bond donors (Lipinski definition) is 1. The normalized spacial score (nSPS) is 11.2. The molecular weight excluding hydrogens is 262 g/mol. The van der Waals surface area contributed by atoms with Gasteiger partial charge in [0.25, 0.3) is 0 Å². The van der Waals surface area contributed by atoms with Gasteiger partial charge in [-0.1, -0.05) is 30.0 Å². The zero-order valence-corrected chi connectivity index (χ0v) is 11.4. The fraction of sp³-hybridized carbons (Fsp3) is 0.154. The Hall–Kier alpha value is -1.30. The lowest BCUT2D eigenvalue weighted by Crippen LogP contribution is -2.05. The third-order valence-corrected chi connectivity index (χ3v) is 4.45. The standard InChI is InChI=1S/C13H13N3S2/c14-7-6-11-12(15-13-16(11)8-9-17-13)18-10-4-2-1-3-5-10/h1-5,8-9H,6-7,14H2. The Labute approximate surface area is 114 Å². The average molecular weight is 275 g/mol. The number of hydrogen-bond acceptors (Lipinski definition) is 4. The van der Waals surface area contributed by atoms with Gasteiger partial charge in [-0.25, -0.2) is 4.98 Å². The monoisotopic (exact) mass is 275 g/mol. The Morgan fingerprint density at radius 3 is 2.89 bits per heavy atom. The zero-order valence-electron chi connectivity index (χ0n) is 9.74. The van der Waals surface area contributed by atoms with E-state index in [-0.39, 0.29) is 0 Å². The van der Waals surface area contributed by atoms with Gasteiger partial charge in [0.15, 0.2) is 4.96 Å². The molecule has 0 saturated heterocycles. The minimum Gasteiger partial charge on any atom is -0.330 e. The molecule has 3 nitrogen and oxygen atoms in total. The molecule has 0 aliphatic carbocycles. The van der Waals surface area contributed by atoms with Crippen molar-refractivity contribution < 1.29 is 0 Å². The summed E-state index contributed by atoms with van der Waals surface area (Å²) in [5.41, 5.74) is 6.91. The summed E-state index contributed by atoms with van der Waals surface area (Å²) in [7, 11) is 0. The van der Waals surface area contributed by atoms with Gasteiger partial charge in [0.2, 0.25) is 0 Å². The van der Waals surface area contributed by atoms with Crippen LogP contribution in [0.15, 0.2) is 51.8 Å². The van der Waals surface area contributed by atoms with Gasteiger partial charge in [-0.05, 0) is 18.7 Å². The molecule has 0 fully saturated rings. The van der Waals surface area contributed by atoms with Crippen molar-refractivity contribution in [3.63, 3.8) is 0 Å². The summed E-state index contributed by atoms with van der Waals surface area (Å²) < 4.78 is 2.14. The first-order valence-corrected chi connectivity index (χ1v) is 7.45. The van der Waals surface area contributed by atoms with Gasteiger partial charge < -0.3 is 5.73 Å². The molecule has 2 N–H and O–H groups in total. The summed E-state index contributed by atoms with van der Waals surface area (Å²) in [4.78, 5) is 6.92. The predicted molar refractivity (Wildman–Crippen MR) is 76.4 cm³/mol. The summed E-state index contributed by atoms with van der Waals surface area (Å²) in [6.07, 6.45) is 2.92. The van der Waals surface area contributed by atoms with Crippen molar-refractivity contribution in [1.82, 2.24) is 9.38 Å². The van der Waals surface area contributed by atoms with E-state index in [9.17, 15) is 0 Å². The van der Waals surface area contributed by atoms with Crippen molar-refractivity contribution in [2.45, 2.75) is 16.3 Å². The molecule has 0 amide bonds. The topological polar surface area (TPSA) is 43.3 Å². The van der Waals surface area contributed by atoms with E-state index in [2.05, 4.69) is 33.1 Å². The van der Waals surface area contributed by atoms with Crippen LogP contribution in [-0.4, -0.2) is 15.9 Å². The summed E-state index contributed by atoms with van der Waals surface area (Å²) in [5.74, 6) is 0. The van der Waals surface area contributed by atoms with E-state index in [0.29, 0.717) is 6.54 Å². The molecule has 0 saturated carbocycles. The second kappa shape index (κ2) is 5.14. The van der Waals surface area contributed by atoms with Crippen LogP contribution in [0.1, 0.15) is 5.69 Å². The maximum absolute atomic E-state index is 5.69. The van der Waals surface area contributed by atoms with Crippen LogP contribution in [-0.2, 0) is 6.42 Å². The van der Waals surface area contributed by atoms with Crippen LogP contribution >= 0.6 is 23.1 Å². The van der Waals surface area contributed by atoms with Gasteiger partial charge in [-0.3, -0.25) is 4.40 Å². The molecule has 18 heavy (non-hydrogen) atoms. The Balaban J connectivity index is 2.00. The lowest BCUT2D eigenvalue weighted by molar-refractivity contribution is 0.879. The molecule has 0 atom stereocenters. The highest BCUT2D eigenvalue weighted by atomic mass is 32.2. The molecular formula is C13H13N3S2. The summed E-state index contributed by atoms with van der Waals surface area (Å²) >= 11 is 3.36. The maximum Gasteiger partial charge on any atom is 0.194 e. The van der Waals surface area contributed by atoms with Crippen LogP contribution in [0, 0.1) is 0 Å². The first-order chi connectivity index (χ1) is 8.88. The number of aromatic nitrogens is 2. The van der Waals surface area contributed by atoms with Crippen molar-refractivity contribution in [2.75, 3.05) is 6.54 Å². The molecule has 3 aromatic rings. The minimum absolute atomic E-state index is 0.645. The molecule has 2 heterocycles. The van der Waals surface area contributed by atoms with E-state index in [4.69, 9.17) is 5.73 Å². The van der Waals surface area contributed by atoms with E-state index >= 15 is 0 Å². The van der Waals surface area contributed by atoms with Crippen molar-refractivity contribution in [1.29, 1.82) is 0 Å². The van der Waals surface area contributed by atoms with E-state index in [1.54, 1.807) is 23.1 Å². The van der Waals surface area contributed by atoms with Gasteiger partial charge in [0, 0.05) is 22.9 Å². The van der Waals surface area contributed by atoms with Gasteiger partial charge in [0.1, 0.15) is 5.03 Å². The fourth-order valence-corrected chi connectivity index (χ4v) is 3.62. The van der Waals surface area contributed by atoms with E-state index in [1.165, 1.54) is 10.6 Å². The predicted octanol–water partition coefficient (Wildman–Crippen LogP) is 3.05. The fourth-order valence-electron chi connectivity index (χ4n) is 1.86. The molecule has 0 spiro atoms. The number of fused-ring (bicyclic) bond motifs is 1. The number of thiazole rings is 1. The Morgan fingerprint density at radius 2 is 2.11 bits per heavy atom. The van der Waals surface area contributed by atoms with E-state index in [0.717, 1.165) is 16.4 Å². The van der Waals surface area contributed by atoms with E-state index in [1.807, 2.05) is 18.2 Å². The quantitative estimate of drug-likeness (QED) is 0.796. The Morgan fingerprint density at radius 1 is 1.28 bits per heavy atom. The number of imidazole rings is 1. The first-order valence-electron chi connectivity index (χ1n) is 5.76. The van der Waals surface area contributed by atoms with Gasteiger partial charge >= 0.3 is 0 Å². The van der Waals surface area contributed by atoms with Crippen LogP contribution in [0.4, 0.5) is 0 Å². The molecule has 92 valence electrons. The molecule has 5 heteroatoms. The van der Waals surface area contributed by atoms with Crippen LogP contribution < -0.4 is 5.73 Å². The minimum atomic E-state index is 0.645. The van der Waals surface area contributed by atoms with Gasteiger partial charge in [-0.15, -0.1) is 11.3 Å². The Kier molecular flexibility index (Phi) is 3.36. The molecule has 0 aliphatic rings. The molecule has 0 bridgehead atoms. The van der Waals surface area contributed by atoms with Crippen molar-refractivity contribution in [3.05, 3.63) is 47.6 Å². The Bertz CT molecular complexity index is 643. The molecule has 2 aromatic heterocycles. The number of nitrogens with two attached hydrogens (primary N) is 1. The second-order valence-corrected chi connectivity index (χ2v) is 5.81. The largest absolute Gasteiger partial charge is 0.330 e. The zero-order chi connectivity index (χ0) is 12.4. The number of nitrogens with zero attached hydrogens (tertiary/aromatic N) is 2. The second-order valence-electron chi connectivity index (χ2n) is 3.87. The third-order valence-electron chi connectivity index (χ3n) is 2.66. The summed E-state index contributed by atoms with van der Waals surface area (Å²) in [5, 5.41) is 3.12. The lowest BCUT2D eigenvalue weighted by Gasteiger charge is -2.02. The van der Waals surface area contributed by atoms with Crippen LogP contribution in [0.5, 0.6) is 0 Å². The van der Waals surface area contributed by atoms with E-state index < -0.39 is 0 Å². The molecule has 1 aromatic carbocycles. The van der Waals surface area contributed by atoms with Crippen LogP contribution in [0.3, 0.4) is 0 Å². The SMILES string of the molecule is NCCc1c(Sc2ccccc2)nc2sccn12. The third kappa shape index (κ3) is 2.16. The first kappa shape index (κ1) is 11.8. The number of rotatable bonds is 4. The van der Waals surface area contributed by atoms with Crippen molar-refractivity contribution in [2.24, 2.45) is 5.73 Å². The van der Waals surface area contributed by atoms with Crippen molar-refractivity contribution in [3.8, 4) is 0 Å². The highest BCUT2D eigenvalue weighted by molar-refractivity contribution is 7.99. The van der Waals surface area contributed by atoms with Gasteiger partial charge in [-0.2, -0.15) is 0 Å². The highest BCUT2D eigenvalue weighted by Gasteiger charge is 2.13. The molecule has 0 aliphatic heterocycles. The molecule has 3 rings (SSSR count). The molecule has 0 radical (unpaired) electrons. The molecule has 0 unspecified atom stereocenters.